The molecule has 102 valence electrons. The fourth-order valence-electron chi connectivity index (χ4n) is 2.21. The van der Waals surface area contributed by atoms with Crippen LogP contribution in [0.4, 0.5) is 4.39 Å². The summed E-state index contributed by atoms with van der Waals surface area (Å²) in [6.45, 7) is 7.42. The third-order valence-corrected chi connectivity index (χ3v) is 4.20. The van der Waals surface area contributed by atoms with Gasteiger partial charge in [-0.2, -0.15) is 0 Å². The Morgan fingerprint density at radius 3 is 2.26 bits per heavy atom. The topological polar surface area (TPSA) is 13.1 Å². The van der Waals surface area contributed by atoms with Crippen molar-refractivity contribution in [2.75, 3.05) is 0 Å². The van der Waals surface area contributed by atoms with Crippen molar-refractivity contribution >= 4 is 23.2 Å². The number of benzene rings is 1. The highest BCUT2D eigenvalue weighted by Gasteiger charge is 2.23. The second-order valence-electron chi connectivity index (χ2n) is 4.74. The second-order valence-corrected chi connectivity index (χ2v) is 5.58. The normalized spacial score (nSPS) is 12.8. The Labute approximate surface area is 122 Å². The van der Waals surface area contributed by atoms with Gasteiger partial charge in [-0.25, -0.2) is 4.39 Å². The number of furan rings is 1. The van der Waals surface area contributed by atoms with Crippen molar-refractivity contribution in [3.8, 4) is 0 Å². The number of halogens is 3. The summed E-state index contributed by atoms with van der Waals surface area (Å²) in [6.07, 6.45) is 0. The van der Waals surface area contributed by atoms with Crippen LogP contribution < -0.4 is 0 Å². The van der Waals surface area contributed by atoms with E-state index in [1.54, 1.807) is 13.0 Å². The molecule has 1 heterocycles. The Balaban J connectivity index is 2.56. The van der Waals surface area contributed by atoms with E-state index in [0.29, 0.717) is 16.1 Å². The highest BCUT2D eigenvalue weighted by atomic mass is 35.5. The van der Waals surface area contributed by atoms with E-state index in [1.807, 2.05) is 20.8 Å². The minimum atomic E-state index is -0.441. The lowest BCUT2D eigenvalue weighted by Gasteiger charge is -2.14. The quantitative estimate of drug-likeness (QED) is 0.655. The molecular formula is C15H15Cl2FO. The van der Waals surface area contributed by atoms with E-state index < -0.39 is 5.38 Å². The minimum absolute atomic E-state index is 0.325. The molecule has 1 atom stereocenters. The van der Waals surface area contributed by atoms with Crippen LogP contribution in [-0.2, 0) is 0 Å². The molecule has 0 fully saturated rings. The van der Waals surface area contributed by atoms with Crippen molar-refractivity contribution in [2.45, 2.75) is 33.1 Å². The van der Waals surface area contributed by atoms with Crippen LogP contribution in [0.25, 0.3) is 0 Å². The van der Waals surface area contributed by atoms with Gasteiger partial charge < -0.3 is 4.42 Å². The van der Waals surface area contributed by atoms with Crippen molar-refractivity contribution in [1.29, 1.82) is 0 Å². The lowest BCUT2D eigenvalue weighted by atomic mass is 9.99. The third kappa shape index (κ3) is 2.52. The Morgan fingerprint density at radius 2 is 1.74 bits per heavy atom. The van der Waals surface area contributed by atoms with Gasteiger partial charge in [0.1, 0.15) is 17.3 Å². The predicted octanol–water partition coefficient (Wildman–Crippen LogP) is 5.63. The Hall–Kier alpha value is -0.990. The van der Waals surface area contributed by atoms with Crippen LogP contribution in [0.3, 0.4) is 0 Å². The molecule has 0 spiro atoms. The summed E-state index contributed by atoms with van der Waals surface area (Å²) in [4.78, 5) is 0. The van der Waals surface area contributed by atoms with Crippen LogP contribution in [0.5, 0.6) is 0 Å². The van der Waals surface area contributed by atoms with E-state index in [0.717, 1.165) is 22.6 Å². The Morgan fingerprint density at radius 1 is 1.11 bits per heavy atom. The van der Waals surface area contributed by atoms with Gasteiger partial charge in [-0.05, 0) is 56.5 Å². The number of aryl methyl sites for hydroxylation is 3. The molecule has 1 aromatic heterocycles. The van der Waals surface area contributed by atoms with E-state index in [9.17, 15) is 4.39 Å². The average molecular weight is 301 g/mol. The zero-order chi connectivity index (χ0) is 14.3. The number of hydrogen-bond acceptors (Lipinski definition) is 1. The summed E-state index contributed by atoms with van der Waals surface area (Å²) >= 11 is 12.6. The molecule has 0 saturated carbocycles. The first-order valence-corrected chi connectivity index (χ1v) is 6.80. The molecule has 2 aromatic rings. The van der Waals surface area contributed by atoms with Crippen molar-refractivity contribution in [1.82, 2.24) is 0 Å². The van der Waals surface area contributed by atoms with Crippen molar-refractivity contribution in [3.05, 3.63) is 56.7 Å². The summed E-state index contributed by atoms with van der Waals surface area (Å²) in [5.74, 6) is 1.29. The van der Waals surface area contributed by atoms with Gasteiger partial charge in [-0.15, -0.1) is 11.6 Å². The standard InChI is InChI=1S/C15H15Cl2FO/c1-7-5-11(12(16)6-13(7)18)15(17)14-8(2)9(3)19-10(14)4/h5-6,15H,1-4H3. The molecular weight excluding hydrogens is 286 g/mol. The fraction of sp³-hybridized carbons (Fsp3) is 0.333. The van der Waals surface area contributed by atoms with Gasteiger partial charge in [0.2, 0.25) is 0 Å². The molecule has 2 rings (SSSR count). The summed E-state index contributed by atoms with van der Waals surface area (Å²) in [7, 11) is 0. The van der Waals surface area contributed by atoms with Gasteiger partial charge in [0.15, 0.2) is 0 Å². The highest BCUT2D eigenvalue weighted by Crippen LogP contribution is 2.39. The van der Waals surface area contributed by atoms with Gasteiger partial charge in [-0.1, -0.05) is 11.6 Å². The van der Waals surface area contributed by atoms with E-state index in [2.05, 4.69) is 0 Å². The largest absolute Gasteiger partial charge is 0.466 e. The number of hydrogen-bond donors (Lipinski definition) is 0. The van der Waals surface area contributed by atoms with Crippen LogP contribution in [-0.4, -0.2) is 0 Å². The minimum Gasteiger partial charge on any atom is -0.466 e. The van der Waals surface area contributed by atoms with Crippen LogP contribution in [0.2, 0.25) is 5.02 Å². The van der Waals surface area contributed by atoms with Gasteiger partial charge >= 0.3 is 0 Å². The lowest BCUT2D eigenvalue weighted by molar-refractivity contribution is 0.500. The molecule has 19 heavy (non-hydrogen) atoms. The molecule has 0 saturated heterocycles. The molecule has 0 bridgehead atoms. The SMILES string of the molecule is Cc1cc(C(Cl)c2c(C)oc(C)c2C)c(Cl)cc1F. The van der Waals surface area contributed by atoms with E-state index in [1.165, 1.54) is 6.07 Å². The molecule has 0 N–H and O–H groups in total. The summed E-state index contributed by atoms with van der Waals surface area (Å²) in [5, 5.41) is -0.106. The van der Waals surface area contributed by atoms with E-state index in [-0.39, 0.29) is 5.82 Å². The molecule has 1 unspecified atom stereocenters. The van der Waals surface area contributed by atoms with Gasteiger partial charge in [0.25, 0.3) is 0 Å². The first-order chi connectivity index (χ1) is 8.82. The monoisotopic (exact) mass is 300 g/mol. The van der Waals surface area contributed by atoms with Gasteiger partial charge in [0.05, 0.1) is 5.38 Å². The van der Waals surface area contributed by atoms with Gasteiger partial charge in [0, 0.05) is 10.6 Å². The molecule has 0 amide bonds. The number of alkyl halides is 1. The zero-order valence-electron chi connectivity index (χ0n) is 11.3. The van der Waals surface area contributed by atoms with Crippen molar-refractivity contribution < 1.29 is 8.81 Å². The maximum atomic E-state index is 13.4. The van der Waals surface area contributed by atoms with Crippen LogP contribution in [0.1, 0.15) is 39.2 Å². The molecule has 1 aromatic carbocycles. The molecule has 0 radical (unpaired) electrons. The fourth-order valence-corrected chi connectivity index (χ4v) is 3.03. The average Bonchev–Trinajstić information content (AvgIpc) is 2.57. The maximum Gasteiger partial charge on any atom is 0.127 e. The van der Waals surface area contributed by atoms with Crippen molar-refractivity contribution in [3.63, 3.8) is 0 Å². The second kappa shape index (κ2) is 5.18. The zero-order valence-corrected chi connectivity index (χ0v) is 12.8. The van der Waals surface area contributed by atoms with Crippen LogP contribution >= 0.6 is 23.2 Å². The summed E-state index contributed by atoms with van der Waals surface area (Å²) in [5.41, 5.74) is 3.15. The molecule has 0 aliphatic rings. The van der Waals surface area contributed by atoms with Crippen molar-refractivity contribution in [2.24, 2.45) is 0 Å². The lowest BCUT2D eigenvalue weighted by Crippen LogP contribution is -1.99. The van der Waals surface area contributed by atoms with E-state index in [4.69, 9.17) is 27.6 Å². The smallest absolute Gasteiger partial charge is 0.127 e. The van der Waals surface area contributed by atoms with Crippen LogP contribution in [0.15, 0.2) is 16.5 Å². The molecule has 0 aliphatic carbocycles. The van der Waals surface area contributed by atoms with E-state index >= 15 is 0 Å². The molecule has 0 aliphatic heterocycles. The molecule has 1 nitrogen and oxygen atoms in total. The van der Waals surface area contributed by atoms with Crippen LogP contribution in [0, 0.1) is 33.5 Å². The Kier molecular flexibility index (Phi) is 3.93. The first kappa shape index (κ1) is 14.4. The maximum absolute atomic E-state index is 13.4. The molecule has 4 heteroatoms. The summed E-state index contributed by atoms with van der Waals surface area (Å²) in [6, 6.07) is 3.00. The van der Waals surface area contributed by atoms with Gasteiger partial charge in [-0.3, -0.25) is 0 Å². The highest BCUT2D eigenvalue weighted by molar-refractivity contribution is 6.33. The predicted molar refractivity (Wildman–Crippen MR) is 76.8 cm³/mol. The summed E-state index contributed by atoms with van der Waals surface area (Å²) < 4.78 is 19.0. The number of rotatable bonds is 2. The first-order valence-electron chi connectivity index (χ1n) is 5.99. The Bertz CT molecular complexity index is 632. The third-order valence-electron chi connectivity index (χ3n) is 3.42.